The van der Waals surface area contributed by atoms with Crippen LogP contribution in [0.1, 0.15) is 31.4 Å². The Bertz CT molecular complexity index is 971. The van der Waals surface area contributed by atoms with Gasteiger partial charge in [0.2, 0.25) is 0 Å². The molecular formula is C19H17ClN2O3S. The molecule has 3 rings (SSSR count). The number of nitrogens with one attached hydrogen (secondary N) is 1. The monoisotopic (exact) mass is 388 g/mol. The van der Waals surface area contributed by atoms with Gasteiger partial charge in [-0.2, -0.15) is 0 Å². The van der Waals surface area contributed by atoms with Crippen LogP contribution < -0.4 is 5.32 Å². The molecule has 0 bridgehead atoms. The van der Waals surface area contributed by atoms with Crippen LogP contribution in [0.5, 0.6) is 0 Å². The second-order valence-corrected chi connectivity index (χ2v) is 7.22. The minimum atomic E-state index is -0.436. The molecule has 0 aliphatic carbocycles. The molecule has 0 saturated heterocycles. The summed E-state index contributed by atoms with van der Waals surface area (Å²) in [5, 5.41) is 3.68. The molecule has 1 amide bonds. The Labute approximate surface area is 160 Å². The van der Waals surface area contributed by atoms with E-state index in [9.17, 15) is 9.59 Å². The first-order valence-electron chi connectivity index (χ1n) is 7.85. The first-order chi connectivity index (χ1) is 12.4. The van der Waals surface area contributed by atoms with E-state index in [1.165, 1.54) is 7.11 Å². The predicted octanol–water partition coefficient (Wildman–Crippen LogP) is 4.85. The molecule has 5 nitrogen and oxygen atoms in total. The van der Waals surface area contributed by atoms with E-state index in [2.05, 4.69) is 10.1 Å². The normalized spacial score (nSPS) is 10.6. The lowest BCUT2D eigenvalue weighted by molar-refractivity contribution is 0.0606. The van der Waals surface area contributed by atoms with Gasteiger partial charge in [0, 0.05) is 17.1 Å². The van der Waals surface area contributed by atoms with Crippen molar-refractivity contribution in [1.82, 2.24) is 4.57 Å². The number of amides is 1. The predicted molar refractivity (Wildman–Crippen MR) is 104 cm³/mol. The SMILES string of the molecule is COC(=O)c1ccc(NC(=O)c2cc(-n3c(C)ccc3C)ccc2Cl)s1. The number of aryl methyl sites for hydroxylation is 2. The van der Waals surface area contributed by atoms with Gasteiger partial charge in [0.25, 0.3) is 5.91 Å². The summed E-state index contributed by atoms with van der Waals surface area (Å²) in [5.74, 6) is -0.772. The summed E-state index contributed by atoms with van der Waals surface area (Å²) in [6.07, 6.45) is 0. The van der Waals surface area contributed by atoms with Crippen LogP contribution in [0.15, 0.2) is 42.5 Å². The van der Waals surface area contributed by atoms with Crippen LogP contribution in [-0.2, 0) is 4.74 Å². The van der Waals surface area contributed by atoms with Gasteiger partial charge in [0.05, 0.1) is 22.7 Å². The molecule has 1 N–H and O–H groups in total. The minimum absolute atomic E-state index is 0.336. The molecule has 7 heteroatoms. The number of hydrogen-bond acceptors (Lipinski definition) is 4. The topological polar surface area (TPSA) is 60.3 Å². The third-order valence-electron chi connectivity index (χ3n) is 3.95. The maximum atomic E-state index is 12.7. The van der Waals surface area contributed by atoms with Gasteiger partial charge in [-0.3, -0.25) is 4.79 Å². The summed E-state index contributed by atoms with van der Waals surface area (Å²) >= 11 is 7.38. The summed E-state index contributed by atoms with van der Waals surface area (Å²) in [5.41, 5.74) is 3.36. The summed E-state index contributed by atoms with van der Waals surface area (Å²) in [4.78, 5) is 24.6. The van der Waals surface area contributed by atoms with Crippen LogP contribution in [0.25, 0.3) is 5.69 Å². The second-order valence-electron chi connectivity index (χ2n) is 5.73. The van der Waals surface area contributed by atoms with Gasteiger partial charge in [-0.1, -0.05) is 11.6 Å². The number of nitrogens with zero attached hydrogens (tertiary/aromatic N) is 1. The van der Waals surface area contributed by atoms with Crippen LogP contribution in [-0.4, -0.2) is 23.6 Å². The molecule has 0 radical (unpaired) electrons. The van der Waals surface area contributed by atoms with Crippen molar-refractivity contribution in [3.05, 3.63) is 69.3 Å². The molecule has 0 spiro atoms. The Morgan fingerprint density at radius 3 is 2.42 bits per heavy atom. The number of methoxy groups -OCH3 is 1. The number of rotatable bonds is 4. The average molecular weight is 389 g/mol. The fourth-order valence-electron chi connectivity index (χ4n) is 2.70. The number of anilines is 1. The minimum Gasteiger partial charge on any atom is -0.465 e. The Morgan fingerprint density at radius 2 is 1.77 bits per heavy atom. The van der Waals surface area contributed by atoms with Crippen molar-refractivity contribution < 1.29 is 14.3 Å². The van der Waals surface area contributed by atoms with Crippen LogP contribution in [0.2, 0.25) is 5.02 Å². The highest BCUT2D eigenvalue weighted by Gasteiger charge is 2.16. The molecule has 1 aromatic carbocycles. The number of benzene rings is 1. The highest BCUT2D eigenvalue weighted by Crippen LogP contribution is 2.26. The maximum Gasteiger partial charge on any atom is 0.348 e. The van der Waals surface area contributed by atoms with Crippen molar-refractivity contribution in [1.29, 1.82) is 0 Å². The van der Waals surface area contributed by atoms with E-state index >= 15 is 0 Å². The molecule has 26 heavy (non-hydrogen) atoms. The zero-order chi connectivity index (χ0) is 18.8. The molecular weight excluding hydrogens is 372 g/mol. The van der Waals surface area contributed by atoms with E-state index in [1.807, 2.05) is 36.6 Å². The van der Waals surface area contributed by atoms with Gasteiger partial charge in [0.15, 0.2) is 0 Å². The third-order valence-corrected chi connectivity index (χ3v) is 5.26. The fraction of sp³-hybridized carbons (Fsp3) is 0.158. The van der Waals surface area contributed by atoms with Gasteiger partial charge >= 0.3 is 5.97 Å². The Hall–Kier alpha value is -2.57. The molecule has 0 fully saturated rings. The average Bonchev–Trinajstić information content (AvgIpc) is 3.21. The van der Waals surface area contributed by atoms with Crippen LogP contribution >= 0.6 is 22.9 Å². The zero-order valence-corrected chi connectivity index (χ0v) is 16.1. The Kier molecular flexibility index (Phi) is 5.15. The highest BCUT2D eigenvalue weighted by atomic mass is 35.5. The third kappa shape index (κ3) is 3.52. The summed E-state index contributed by atoms with van der Waals surface area (Å²) in [6, 6.07) is 12.6. The standard InChI is InChI=1S/C19H17ClN2O3S/c1-11-4-5-12(2)22(11)13-6-7-15(20)14(10-13)18(23)21-17-9-8-16(26-17)19(24)25-3/h4-10H,1-3H3,(H,21,23). The van der Waals surface area contributed by atoms with Gasteiger partial charge in [0.1, 0.15) is 4.88 Å². The molecule has 0 aliphatic rings. The smallest absolute Gasteiger partial charge is 0.348 e. The first-order valence-corrected chi connectivity index (χ1v) is 9.04. The van der Waals surface area contributed by atoms with E-state index in [0.29, 0.717) is 20.5 Å². The molecule has 0 aliphatic heterocycles. The quantitative estimate of drug-likeness (QED) is 0.650. The van der Waals surface area contributed by atoms with Crippen molar-refractivity contribution in [2.45, 2.75) is 13.8 Å². The van der Waals surface area contributed by atoms with Gasteiger partial charge < -0.3 is 14.6 Å². The number of carbonyl (C=O) groups excluding carboxylic acids is 2. The molecule has 134 valence electrons. The zero-order valence-electron chi connectivity index (χ0n) is 14.5. The van der Waals surface area contributed by atoms with Crippen molar-refractivity contribution in [3.63, 3.8) is 0 Å². The molecule has 0 saturated carbocycles. The molecule has 2 heterocycles. The number of esters is 1. The molecule has 0 unspecified atom stereocenters. The first kappa shape index (κ1) is 18.2. The highest BCUT2D eigenvalue weighted by molar-refractivity contribution is 7.18. The number of aromatic nitrogens is 1. The number of carbonyl (C=O) groups is 2. The number of halogens is 1. The van der Waals surface area contributed by atoms with Gasteiger partial charge in [-0.15, -0.1) is 11.3 Å². The lowest BCUT2D eigenvalue weighted by Crippen LogP contribution is -2.12. The van der Waals surface area contributed by atoms with Crippen molar-refractivity contribution in [2.24, 2.45) is 0 Å². The number of thiophene rings is 1. The van der Waals surface area contributed by atoms with Crippen molar-refractivity contribution >= 4 is 39.8 Å². The van der Waals surface area contributed by atoms with Crippen molar-refractivity contribution in [2.75, 3.05) is 12.4 Å². The second kappa shape index (κ2) is 7.35. The van der Waals surface area contributed by atoms with Crippen LogP contribution in [0.4, 0.5) is 5.00 Å². The molecule has 3 aromatic rings. The van der Waals surface area contributed by atoms with Crippen LogP contribution in [0, 0.1) is 13.8 Å². The molecule has 2 aromatic heterocycles. The number of ether oxygens (including phenoxy) is 1. The fourth-order valence-corrected chi connectivity index (χ4v) is 3.72. The maximum absolute atomic E-state index is 12.7. The Balaban J connectivity index is 1.89. The largest absolute Gasteiger partial charge is 0.465 e. The van der Waals surface area contributed by atoms with Gasteiger partial charge in [-0.25, -0.2) is 4.79 Å². The summed E-state index contributed by atoms with van der Waals surface area (Å²) in [7, 11) is 1.32. The van der Waals surface area contributed by atoms with Crippen LogP contribution in [0.3, 0.4) is 0 Å². The van der Waals surface area contributed by atoms with Crippen molar-refractivity contribution in [3.8, 4) is 5.69 Å². The molecule has 0 atom stereocenters. The lowest BCUT2D eigenvalue weighted by atomic mass is 10.1. The van der Waals surface area contributed by atoms with E-state index in [-0.39, 0.29) is 5.91 Å². The van der Waals surface area contributed by atoms with E-state index in [4.69, 9.17) is 11.6 Å². The van der Waals surface area contributed by atoms with E-state index in [1.54, 1.807) is 24.3 Å². The van der Waals surface area contributed by atoms with E-state index < -0.39 is 5.97 Å². The Morgan fingerprint density at radius 1 is 1.08 bits per heavy atom. The van der Waals surface area contributed by atoms with Gasteiger partial charge in [-0.05, 0) is 56.3 Å². The summed E-state index contributed by atoms with van der Waals surface area (Å²) in [6.45, 7) is 4.00. The van der Waals surface area contributed by atoms with E-state index in [0.717, 1.165) is 28.4 Å². The number of hydrogen-bond donors (Lipinski definition) is 1. The summed E-state index contributed by atoms with van der Waals surface area (Å²) < 4.78 is 6.72. The lowest BCUT2D eigenvalue weighted by Gasteiger charge is -2.12.